The van der Waals surface area contributed by atoms with Gasteiger partial charge in [0.2, 0.25) is 0 Å². The van der Waals surface area contributed by atoms with Gasteiger partial charge in [-0.15, -0.1) is 0 Å². The van der Waals surface area contributed by atoms with E-state index in [4.69, 9.17) is 4.42 Å². The van der Waals surface area contributed by atoms with E-state index < -0.39 is 5.60 Å². The summed E-state index contributed by atoms with van der Waals surface area (Å²) in [4.78, 5) is 0. The molecular weight excluding hydrogens is 180 g/mol. The van der Waals surface area contributed by atoms with Crippen LogP contribution in [0.3, 0.4) is 0 Å². The molecule has 0 saturated heterocycles. The number of hydrogen-bond acceptors (Lipinski definition) is 3. The SMILES string of the molecule is CC(C)(O)c1cc2cccc(O)c2o1. The number of furan rings is 1. The number of aliphatic hydroxyl groups is 1. The topological polar surface area (TPSA) is 53.6 Å². The molecule has 0 aliphatic heterocycles. The summed E-state index contributed by atoms with van der Waals surface area (Å²) >= 11 is 0. The molecule has 0 bridgehead atoms. The van der Waals surface area contributed by atoms with E-state index in [1.54, 1.807) is 32.0 Å². The normalized spacial score (nSPS) is 12.2. The quantitative estimate of drug-likeness (QED) is 0.729. The van der Waals surface area contributed by atoms with Crippen LogP contribution in [0.1, 0.15) is 19.6 Å². The second-order valence-electron chi connectivity index (χ2n) is 3.87. The van der Waals surface area contributed by atoms with Crippen LogP contribution >= 0.6 is 0 Å². The molecule has 14 heavy (non-hydrogen) atoms. The van der Waals surface area contributed by atoms with Gasteiger partial charge in [0.25, 0.3) is 0 Å². The molecule has 1 aromatic carbocycles. The lowest BCUT2D eigenvalue weighted by Gasteiger charge is -2.12. The summed E-state index contributed by atoms with van der Waals surface area (Å²) in [6.07, 6.45) is 0. The van der Waals surface area contributed by atoms with Gasteiger partial charge in [0, 0.05) is 5.39 Å². The van der Waals surface area contributed by atoms with Crippen molar-refractivity contribution in [3.05, 3.63) is 30.0 Å². The minimum atomic E-state index is -1.02. The summed E-state index contributed by atoms with van der Waals surface area (Å²) in [6.45, 7) is 3.28. The van der Waals surface area contributed by atoms with Gasteiger partial charge in [-0.3, -0.25) is 0 Å². The Morgan fingerprint density at radius 3 is 2.57 bits per heavy atom. The van der Waals surface area contributed by atoms with Crippen molar-refractivity contribution in [2.75, 3.05) is 0 Å². The highest BCUT2D eigenvalue weighted by Crippen LogP contribution is 2.32. The molecular formula is C11H12O3. The van der Waals surface area contributed by atoms with Crippen LogP contribution in [-0.2, 0) is 5.60 Å². The van der Waals surface area contributed by atoms with Crippen molar-refractivity contribution < 1.29 is 14.6 Å². The predicted molar refractivity (Wildman–Crippen MR) is 53.1 cm³/mol. The van der Waals surface area contributed by atoms with E-state index in [1.807, 2.05) is 6.07 Å². The first kappa shape index (κ1) is 9.09. The minimum absolute atomic E-state index is 0.0954. The molecule has 0 aliphatic rings. The Morgan fingerprint density at radius 1 is 1.29 bits per heavy atom. The molecule has 0 atom stereocenters. The highest BCUT2D eigenvalue weighted by atomic mass is 16.4. The maximum absolute atomic E-state index is 9.71. The average molecular weight is 192 g/mol. The molecule has 0 unspecified atom stereocenters. The molecule has 0 saturated carbocycles. The Hall–Kier alpha value is -1.48. The van der Waals surface area contributed by atoms with Gasteiger partial charge in [0.1, 0.15) is 11.4 Å². The molecule has 2 aromatic rings. The molecule has 1 aromatic heterocycles. The van der Waals surface area contributed by atoms with E-state index >= 15 is 0 Å². The van der Waals surface area contributed by atoms with Crippen LogP contribution in [0.25, 0.3) is 11.0 Å². The van der Waals surface area contributed by atoms with E-state index in [9.17, 15) is 10.2 Å². The largest absolute Gasteiger partial charge is 0.504 e. The van der Waals surface area contributed by atoms with Crippen molar-refractivity contribution in [1.29, 1.82) is 0 Å². The van der Waals surface area contributed by atoms with Crippen LogP contribution in [0.4, 0.5) is 0 Å². The summed E-state index contributed by atoms with van der Waals surface area (Å²) in [5.41, 5.74) is -0.601. The third kappa shape index (κ3) is 1.36. The fraction of sp³-hybridized carbons (Fsp3) is 0.273. The number of hydrogen-bond donors (Lipinski definition) is 2. The predicted octanol–water partition coefficient (Wildman–Crippen LogP) is 2.37. The van der Waals surface area contributed by atoms with Crippen molar-refractivity contribution in [2.24, 2.45) is 0 Å². The first-order valence-corrected chi connectivity index (χ1v) is 4.43. The lowest BCUT2D eigenvalue weighted by Crippen LogP contribution is -2.13. The first-order chi connectivity index (χ1) is 6.48. The molecule has 2 rings (SSSR count). The van der Waals surface area contributed by atoms with E-state index in [1.165, 1.54) is 0 Å². The van der Waals surface area contributed by atoms with E-state index in [0.29, 0.717) is 11.3 Å². The highest BCUT2D eigenvalue weighted by Gasteiger charge is 2.21. The number of para-hydroxylation sites is 1. The van der Waals surface area contributed by atoms with E-state index in [-0.39, 0.29) is 5.75 Å². The highest BCUT2D eigenvalue weighted by molar-refractivity contribution is 5.83. The van der Waals surface area contributed by atoms with Crippen molar-refractivity contribution in [3.63, 3.8) is 0 Å². The fourth-order valence-corrected chi connectivity index (χ4v) is 1.35. The number of phenolic OH excluding ortho intramolecular Hbond substituents is 1. The number of rotatable bonds is 1. The summed E-state index contributed by atoms with van der Waals surface area (Å²) in [7, 11) is 0. The second-order valence-corrected chi connectivity index (χ2v) is 3.87. The lowest BCUT2D eigenvalue weighted by atomic mass is 10.1. The monoisotopic (exact) mass is 192 g/mol. The summed E-state index contributed by atoms with van der Waals surface area (Å²) in [6, 6.07) is 6.85. The van der Waals surface area contributed by atoms with Gasteiger partial charge in [0.05, 0.1) is 0 Å². The van der Waals surface area contributed by atoms with Crippen LogP contribution in [0.2, 0.25) is 0 Å². The third-order valence-electron chi connectivity index (χ3n) is 2.13. The summed E-state index contributed by atoms with van der Waals surface area (Å²) in [5, 5.41) is 20.0. The van der Waals surface area contributed by atoms with Crippen molar-refractivity contribution in [2.45, 2.75) is 19.4 Å². The van der Waals surface area contributed by atoms with Crippen molar-refractivity contribution >= 4 is 11.0 Å². The average Bonchev–Trinajstić information content (AvgIpc) is 2.48. The van der Waals surface area contributed by atoms with Crippen LogP contribution < -0.4 is 0 Å². The first-order valence-electron chi connectivity index (χ1n) is 4.43. The van der Waals surface area contributed by atoms with Gasteiger partial charge in [-0.05, 0) is 26.0 Å². The number of benzene rings is 1. The summed E-state index contributed by atoms with van der Waals surface area (Å²) < 4.78 is 5.36. The third-order valence-corrected chi connectivity index (χ3v) is 2.13. The van der Waals surface area contributed by atoms with Crippen LogP contribution in [0, 0.1) is 0 Å². The van der Waals surface area contributed by atoms with E-state index in [2.05, 4.69) is 0 Å². The maximum Gasteiger partial charge on any atom is 0.176 e. The smallest absolute Gasteiger partial charge is 0.176 e. The maximum atomic E-state index is 9.71. The zero-order chi connectivity index (χ0) is 10.3. The molecule has 0 amide bonds. The van der Waals surface area contributed by atoms with Crippen LogP contribution in [0.15, 0.2) is 28.7 Å². The standard InChI is InChI=1S/C11H12O3/c1-11(2,13)9-6-7-4-3-5-8(12)10(7)14-9/h3-6,12-13H,1-2H3. The Bertz CT molecular complexity index is 463. The molecule has 74 valence electrons. The molecule has 3 nitrogen and oxygen atoms in total. The molecule has 1 heterocycles. The minimum Gasteiger partial charge on any atom is -0.504 e. The fourth-order valence-electron chi connectivity index (χ4n) is 1.35. The lowest BCUT2D eigenvalue weighted by molar-refractivity contribution is 0.0558. The Morgan fingerprint density at radius 2 is 2.00 bits per heavy atom. The molecule has 2 N–H and O–H groups in total. The molecule has 0 fully saturated rings. The summed E-state index contributed by atoms with van der Waals surface area (Å²) in [5.74, 6) is 0.548. The van der Waals surface area contributed by atoms with Gasteiger partial charge < -0.3 is 14.6 Å². The Labute approximate surface area is 81.6 Å². The van der Waals surface area contributed by atoms with Crippen molar-refractivity contribution in [3.8, 4) is 5.75 Å². The number of phenols is 1. The molecule has 3 heteroatoms. The van der Waals surface area contributed by atoms with Crippen LogP contribution in [0.5, 0.6) is 5.75 Å². The van der Waals surface area contributed by atoms with E-state index in [0.717, 1.165) is 5.39 Å². The second kappa shape index (κ2) is 2.75. The molecule has 0 aliphatic carbocycles. The number of aromatic hydroxyl groups is 1. The molecule has 0 spiro atoms. The van der Waals surface area contributed by atoms with Gasteiger partial charge >= 0.3 is 0 Å². The number of fused-ring (bicyclic) bond motifs is 1. The Balaban J connectivity index is 2.69. The van der Waals surface area contributed by atoms with Gasteiger partial charge in [-0.1, -0.05) is 12.1 Å². The van der Waals surface area contributed by atoms with Gasteiger partial charge in [-0.25, -0.2) is 0 Å². The molecule has 0 radical (unpaired) electrons. The Kier molecular flexibility index (Phi) is 1.79. The van der Waals surface area contributed by atoms with Crippen molar-refractivity contribution in [1.82, 2.24) is 0 Å². The zero-order valence-corrected chi connectivity index (χ0v) is 8.11. The van der Waals surface area contributed by atoms with Gasteiger partial charge in [-0.2, -0.15) is 0 Å². The van der Waals surface area contributed by atoms with Gasteiger partial charge in [0.15, 0.2) is 11.3 Å². The van der Waals surface area contributed by atoms with Crippen LogP contribution in [-0.4, -0.2) is 10.2 Å². The zero-order valence-electron chi connectivity index (χ0n) is 8.11.